The van der Waals surface area contributed by atoms with Crippen molar-refractivity contribution in [3.05, 3.63) is 36.5 Å². The molecule has 0 radical (unpaired) electrons. The standard InChI is InChI=1S/C14H18N4O2/c1-19-9-8-15-13-6-7-16-14(18-13)17-11-4-3-5-12(10-11)20-2/h3-7,10H,8-9H2,1-2H3,(H2,15,16,17,18). The van der Waals surface area contributed by atoms with Crippen LogP contribution in [0, 0.1) is 0 Å². The average molecular weight is 274 g/mol. The minimum atomic E-state index is 0.528. The molecule has 1 aromatic heterocycles. The van der Waals surface area contributed by atoms with Gasteiger partial charge in [-0.05, 0) is 18.2 Å². The summed E-state index contributed by atoms with van der Waals surface area (Å²) in [6, 6.07) is 9.41. The van der Waals surface area contributed by atoms with Crippen LogP contribution < -0.4 is 15.4 Å². The number of nitrogens with zero attached hydrogens (tertiary/aromatic N) is 2. The topological polar surface area (TPSA) is 68.3 Å². The van der Waals surface area contributed by atoms with Gasteiger partial charge in [0.2, 0.25) is 5.95 Å². The Balaban J connectivity index is 2.03. The van der Waals surface area contributed by atoms with Crippen molar-refractivity contribution in [1.29, 1.82) is 0 Å². The maximum atomic E-state index is 5.17. The van der Waals surface area contributed by atoms with Gasteiger partial charge >= 0.3 is 0 Å². The second-order valence-electron chi connectivity index (χ2n) is 4.04. The Morgan fingerprint density at radius 3 is 2.90 bits per heavy atom. The third kappa shape index (κ3) is 4.10. The molecule has 0 saturated heterocycles. The molecule has 6 heteroatoms. The number of anilines is 3. The summed E-state index contributed by atoms with van der Waals surface area (Å²) in [5.41, 5.74) is 0.874. The molecule has 2 N–H and O–H groups in total. The molecule has 0 aliphatic rings. The van der Waals surface area contributed by atoms with E-state index in [4.69, 9.17) is 9.47 Å². The summed E-state index contributed by atoms with van der Waals surface area (Å²) < 4.78 is 10.2. The third-order valence-corrected chi connectivity index (χ3v) is 2.59. The van der Waals surface area contributed by atoms with Gasteiger partial charge in [0.25, 0.3) is 0 Å². The first-order chi connectivity index (χ1) is 9.81. The van der Waals surface area contributed by atoms with E-state index in [9.17, 15) is 0 Å². The molecular formula is C14H18N4O2. The van der Waals surface area contributed by atoms with Crippen LogP contribution in [-0.4, -0.2) is 37.3 Å². The molecule has 0 aliphatic carbocycles. The zero-order chi connectivity index (χ0) is 14.2. The zero-order valence-corrected chi connectivity index (χ0v) is 11.6. The highest BCUT2D eigenvalue weighted by molar-refractivity contribution is 5.56. The molecule has 0 fully saturated rings. The number of methoxy groups -OCH3 is 2. The Morgan fingerprint density at radius 1 is 1.20 bits per heavy atom. The van der Waals surface area contributed by atoms with Crippen molar-refractivity contribution >= 4 is 17.5 Å². The fourth-order valence-corrected chi connectivity index (χ4v) is 1.63. The fraction of sp³-hybridized carbons (Fsp3) is 0.286. The number of nitrogens with one attached hydrogen (secondary N) is 2. The third-order valence-electron chi connectivity index (χ3n) is 2.59. The van der Waals surface area contributed by atoms with E-state index in [0.29, 0.717) is 19.1 Å². The van der Waals surface area contributed by atoms with Crippen molar-refractivity contribution < 1.29 is 9.47 Å². The Morgan fingerprint density at radius 2 is 2.10 bits per heavy atom. The van der Waals surface area contributed by atoms with Gasteiger partial charge < -0.3 is 20.1 Å². The molecule has 6 nitrogen and oxygen atoms in total. The highest BCUT2D eigenvalue weighted by Crippen LogP contribution is 2.19. The number of rotatable bonds is 7. The van der Waals surface area contributed by atoms with Gasteiger partial charge in [-0.3, -0.25) is 0 Å². The Labute approximate surface area is 118 Å². The van der Waals surface area contributed by atoms with Crippen LogP contribution in [-0.2, 0) is 4.74 Å². The monoisotopic (exact) mass is 274 g/mol. The Bertz CT molecular complexity index is 548. The van der Waals surface area contributed by atoms with Gasteiger partial charge in [-0.15, -0.1) is 0 Å². The summed E-state index contributed by atoms with van der Waals surface area (Å²) in [5, 5.41) is 6.29. The number of benzene rings is 1. The molecule has 0 bridgehead atoms. The summed E-state index contributed by atoms with van der Waals surface area (Å²) in [6.45, 7) is 1.33. The van der Waals surface area contributed by atoms with Gasteiger partial charge in [0.05, 0.1) is 13.7 Å². The van der Waals surface area contributed by atoms with Gasteiger partial charge in [-0.25, -0.2) is 4.98 Å². The molecule has 20 heavy (non-hydrogen) atoms. The minimum absolute atomic E-state index is 0.528. The van der Waals surface area contributed by atoms with E-state index in [2.05, 4.69) is 20.6 Å². The predicted molar refractivity (Wildman–Crippen MR) is 78.7 cm³/mol. The molecule has 0 aliphatic heterocycles. The molecule has 1 heterocycles. The summed E-state index contributed by atoms with van der Waals surface area (Å²) in [6.07, 6.45) is 1.70. The van der Waals surface area contributed by atoms with Crippen LogP contribution in [0.15, 0.2) is 36.5 Å². The second-order valence-corrected chi connectivity index (χ2v) is 4.04. The summed E-state index contributed by atoms with van der Waals surface area (Å²) in [7, 11) is 3.30. The molecule has 0 atom stereocenters. The molecule has 0 amide bonds. The van der Waals surface area contributed by atoms with E-state index < -0.39 is 0 Å². The van der Waals surface area contributed by atoms with Crippen molar-refractivity contribution in [3.63, 3.8) is 0 Å². The maximum Gasteiger partial charge on any atom is 0.229 e. The van der Waals surface area contributed by atoms with Crippen molar-refractivity contribution in [3.8, 4) is 5.75 Å². The molecule has 1 aromatic carbocycles. The number of hydrogen-bond donors (Lipinski definition) is 2. The molecular weight excluding hydrogens is 256 g/mol. The largest absolute Gasteiger partial charge is 0.497 e. The highest BCUT2D eigenvalue weighted by atomic mass is 16.5. The maximum absolute atomic E-state index is 5.17. The lowest BCUT2D eigenvalue weighted by Crippen LogP contribution is -2.09. The number of hydrogen-bond acceptors (Lipinski definition) is 6. The Hall–Kier alpha value is -2.34. The van der Waals surface area contributed by atoms with E-state index in [1.54, 1.807) is 20.4 Å². The van der Waals surface area contributed by atoms with E-state index in [1.807, 2.05) is 30.3 Å². The highest BCUT2D eigenvalue weighted by Gasteiger charge is 2.01. The first-order valence-electron chi connectivity index (χ1n) is 6.29. The van der Waals surface area contributed by atoms with Gasteiger partial charge in [-0.1, -0.05) is 6.07 Å². The first-order valence-corrected chi connectivity index (χ1v) is 6.29. The fourth-order valence-electron chi connectivity index (χ4n) is 1.63. The lowest BCUT2D eigenvalue weighted by Gasteiger charge is -2.09. The molecule has 0 saturated carbocycles. The number of ether oxygens (including phenoxy) is 2. The molecule has 2 aromatic rings. The quantitative estimate of drug-likeness (QED) is 0.755. The van der Waals surface area contributed by atoms with E-state index in [0.717, 1.165) is 17.3 Å². The van der Waals surface area contributed by atoms with Crippen LogP contribution in [0.2, 0.25) is 0 Å². The predicted octanol–water partition coefficient (Wildman–Crippen LogP) is 2.29. The van der Waals surface area contributed by atoms with Crippen LogP contribution in [0.4, 0.5) is 17.5 Å². The van der Waals surface area contributed by atoms with Gasteiger partial charge in [-0.2, -0.15) is 4.98 Å². The van der Waals surface area contributed by atoms with Crippen LogP contribution in [0.3, 0.4) is 0 Å². The van der Waals surface area contributed by atoms with Crippen LogP contribution in [0.25, 0.3) is 0 Å². The van der Waals surface area contributed by atoms with Crippen molar-refractivity contribution in [2.75, 3.05) is 38.0 Å². The SMILES string of the molecule is COCCNc1ccnc(Nc2cccc(OC)c2)n1. The van der Waals surface area contributed by atoms with E-state index in [1.165, 1.54) is 0 Å². The van der Waals surface area contributed by atoms with E-state index >= 15 is 0 Å². The van der Waals surface area contributed by atoms with Gasteiger partial charge in [0.1, 0.15) is 11.6 Å². The molecule has 0 unspecified atom stereocenters. The van der Waals surface area contributed by atoms with Gasteiger partial charge in [0, 0.05) is 31.6 Å². The second kappa shape index (κ2) is 7.30. The van der Waals surface area contributed by atoms with Crippen molar-refractivity contribution in [1.82, 2.24) is 9.97 Å². The van der Waals surface area contributed by atoms with Crippen LogP contribution in [0.1, 0.15) is 0 Å². The first kappa shape index (κ1) is 14.1. The lowest BCUT2D eigenvalue weighted by atomic mass is 10.3. The summed E-state index contributed by atoms with van der Waals surface area (Å²) in [4.78, 5) is 8.55. The Kier molecular flexibility index (Phi) is 5.14. The van der Waals surface area contributed by atoms with Crippen molar-refractivity contribution in [2.45, 2.75) is 0 Å². The van der Waals surface area contributed by atoms with Gasteiger partial charge in [0.15, 0.2) is 0 Å². The average Bonchev–Trinajstić information content (AvgIpc) is 2.48. The van der Waals surface area contributed by atoms with Crippen molar-refractivity contribution in [2.24, 2.45) is 0 Å². The normalized spacial score (nSPS) is 10.1. The summed E-state index contributed by atoms with van der Waals surface area (Å²) >= 11 is 0. The molecule has 0 spiro atoms. The summed E-state index contributed by atoms with van der Waals surface area (Å²) in [5.74, 6) is 2.06. The van der Waals surface area contributed by atoms with E-state index in [-0.39, 0.29) is 0 Å². The lowest BCUT2D eigenvalue weighted by molar-refractivity contribution is 0.210. The minimum Gasteiger partial charge on any atom is -0.497 e. The van der Waals surface area contributed by atoms with Crippen LogP contribution >= 0.6 is 0 Å². The van der Waals surface area contributed by atoms with Crippen LogP contribution in [0.5, 0.6) is 5.75 Å². The zero-order valence-electron chi connectivity index (χ0n) is 11.6. The smallest absolute Gasteiger partial charge is 0.229 e. The molecule has 106 valence electrons. The number of aromatic nitrogens is 2. The molecule has 2 rings (SSSR count).